The summed E-state index contributed by atoms with van der Waals surface area (Å²) in [6.07, 6.45) is 0. The Labute approximate surface area is 129 Å². The number of aryl methyl sites for hydroxylation is 2. The Morgan fingerprint density at radius 1 is 1.27 bits per heavy atom. The molecule has 5 nitrogen and oxygen atoms in total. The molecule has 0 saturated carbocycles. The molecule has 112 valence electrons. The highest BCUT2D eigenvalue weighted by Crippen LogP contribution is 2.33. The zero-order valence-electron chi connectivity index (χ0n) is 11.9. The van der Waals surface area contributed by atoms with E-state index >= 15 is 0 Å². The van der Waals surface area contributed by atoms with Gasteiger partial charge in [0.2, 0.25) is 5.89 Å². The number of anilines is 1. The molecule has 0 atom stereocenters. The molecule has 1 aromatic carbocycles. The second-order valence-electron chi connectivity index (χ2n) is 4.67. The molecule has 7 heteroatoms. The van der Waals surface area contributed by atoms with Gasteiger partial charge in [0.25, 0.3) is 11.8 Å². The Morgan fingerprint density at radius 2 is 2.09 bits per heavy atom. The Kier molecular flexibility index (Phi) is 3.72. The normalized spacial score (nSPS) is 10.7. The fraction of sp³-hybridized carbons (Fsp3) is 0.133. The summed E-state index contributed by atoms with van der Waals surface area (Å²) in [4.78, 5) is 13.8. The van der Waals surface area contributed by atoms with Gasteiger partial charge in [-0.15, -0.1) is 21.5 Å². The van der Waals surface area contributed by atoms with Gasteiger partial charge in [-0.1, -0.05) is 6.07 Å². The summed E-state index contributed by atoms with van der Waals surface area (Å²) in [6, 6.07) is 7.31. The first-order valence-corrected chi connectivity index (χ1v) is 7.32. The number of amides is 1. The zero-order valence-corrected chi connectivity index (χ0v) is 12.7. The van der Waals surface area contributed by atoms with Gasteiger partial charge in [-0.2, -0.15) is 0 Å². The fourth-order valence-corrected chi connectivity index (χ4v) is 2.83. The van der Waals surface area contributed by atoms with Crippen LogP contribution in [0.2, 0.25) is 0 Å². The summed E-state index contributed by atoms with van der Waals surface area (Å²) in [5.74, 6) is 0.0774. The molecule has 0 saturated heterocycles. The highest BCUT2D eigenvalue weighted by molar-refractivity contribution is 7.15. The first kappa shape index (κ1) is 14.4. The van der Waals surface area contributed by atoms with E-state index in [9.17, 15) is 9.18 Å². The van der Waals surface area contributed by atoms with E-state index in [0.717, 1.165) is 9.75 Å². The van der Waals surface area contributed by atoms with Gasteiger partial charge in [0.15, 0.2) is 0 Å². The van der Waals surface area contributed by atoms with Crippen molar-refractivity contribution in [2.75, 3.05) is 5.32 Å². The van der Waals surface area contributed by atoms with Crippen molar-refractivity contribution in [1.82, 2.24) is 10.2 Å². The topological polar surface area (TPSA) is 68.0 Å². The third-order valence-electron chi connectivity index (χ3n) is 2.99. The Hall–Kier alpha value is -2.54. The van der Waals surface area contributed by atoms with E-state index in [1.807, 2.05) is 6.92 Å². The largest absolute Gasteiger partial charge is 0.420 e. The fourth-order valence-electron chi connectivity index (χ4n) is 1.93. The maximum atomic E-state index is 13.2. The lowest BCUT2D eigenvalue weighted by molar-refractivity contribution is 0.102. The highest BCUT2D eigenvalue weighted by Gasteiger charge is 2.15. The summed E-state index contributed by atoms with van der Waals surface area (Å²) in [7, 11) is 0. The average molecular weight is 317 g/mol. The van der Waals surface area contributed by atoms with Crippen molar-refractivity contribution in [3.8, 4) is 10.8 Å². The standard InChI is InChI=1S/C15H12FN3O2S/c1-8-12(7-13(22-8)15-19-18-9(2)21-15)17-14(20)10-4-3-5-11(16)6-10/h3-7H,1-2H3,(H,17,20). The van der Waals surface area contributed by atoms with Crippen LogP contribution in [0.5, 0.6) is 0 Å². The van der Waals surface area contributed by atoms with E-state index < -0.39 is 5.82 Å². The third kappa shape index (κ3) is 2.89. The molecule has 0 radical (unpaired) electrons. The number of rotatable bonds is 3. The molecule has 0 spiro atoms. The molecule has 2 aromatic heterocycles. The number of halogens is 1. The number of hydrogen-bond acceptors (Lipinski definition) is 5. The van der Waals surface area contributed by atoms with Crippen molar-refractivity contribution >= 4 is 22.9 Å². The average Bonchev–Trinajstić information content (AvgIpc) is 3.06. The highest BCUT2D eigenvalue weighted by atomic mass is 32.1. The molecule has 2 heterocycles. The molecule has 0 fully saturated rings. The summed E-state index contributed by atoms with van der Waals surface area (Å²) in [6.45, 7) is 3.59. The molecule has 0 aliphatic rings. The second kappa shape index (κ2) is 5.69. The minimum atomic E-state index is -0.447. The van der Waals surface area contributed by atoms with Crippen molar-refractivity contribution in [2.24, 2.45) is 0 Å². The molecule has 0 aliphatic heterocycles. The molecule has 0 unspecified atom stereocenters. The molecular weight excluding hydrogens is 305 g/mol. The van der Waals surface area contributed by atoms with Crippen LogP contribution in [0.25, 0.3) is 10.8 Å². The minimum Gasteiger partial charge on any atom is -0.420 e. The number of hydrogen-bond donors (Lipinski definition) is 1. The van der Waals surface area contributed by atoms with Crippen LogP contribution < -0.4 is 5.32 Å². The van der Waals surface area contributed by atoms with E-state index in [2.05, 4.69) is 15.5 Å². The van der Waals surface area contributed by atoms with Crippen molar-refractivity contribution in [3.05, 3.63) is 52.5 Å². The lowest BCUT2D eigenvalue weighted by Gasteiger charge is -2.04. The first-order chi connectivity index (χ1) is 10.5. The molecule has 3 rings (SSSR count). The number of carbonyl (C=O) groups is 1. The van der Waals surface area contributed by atoms with Gasteiger partial charge in [0.05, 0.1) is 10.6 Å². The number of thiophene rings is 1. The van der Waals surface area contributed by atoms with Crippen molar-refractivity contribution < 1.29 is 13.6 Å². The maximum Gasteiger partial charge on any atom is 0.257 e. The molecule has 22 heavy (non-hydrogen) atoms. The van der Waals surface area contributed by atoms with Gasteiger partial charge in [0.1, 0.15) is 5.82 Å². The summed E-state index contributed by atoms with van der Waals surface area (Å²) >= 11 is 1.44. The van der Waals surface area contributed by atoms with Crippen LogP contribution in [0, 0.1) is 19.7 Å². The van der Waals surface area contributed by atoms with Gasteiger partial charge in [-0.3, -0.25) is 4.79 Å². The van der Waals surface area contributed by atoms with Crippen LogP contribution in [0.15, 0.2) is 34.7 Å². The zero-order chi connectivity index (χ0) is 15.7. The monoisotopic (exact) mass is 317 g/mol. The van der Waals surface area contributed by atoms with Crippen LogP contribution in [-0.4, -0.2) is 16.1 Å². The minimum absolute atomic E-state index is 0.265. The van der Waals surface area contributed by atoms with Crippen LogP contribution in [0.4, 0.5) is 10.1 Å². The van der Waals surface area contributed by atoms with Crippen LogP contribution in [-0.2, 0) is 0 Å². The number of carbonyl (C=O) groups excluding carboxylic acids is 1. The molecule has 0 aliphatic carbocycles. The quantitative estimate of drug-likeness (QED) is 0.797. The van der Waals surface area contributed by atoms with E-state index in [1.54, 1.807) is 19.1 Å². The van der Waals surface area contributed by atoms with Crippen molar-refractivity contribution in [1.29, 1.82) is 0 Å². The molecule has 0 bridgehead atoms. The van der Waals surface area contributed by atoms with Gasteiger partial charge in [-0.05, 0) is 31.2 Å². The Balaban J connectivity index is 1.84. The van der Waals surface area contributed by atoms with E-state index in [-0.39, 0.29) is 11.5 Å². The number of nitrogens with one attached hydrogen (secondary N) is 1. The Bertz CT molecular complexity index is 841. The summed E-state index contributed by atoms with van der Waals surface area (Å²) < 4.78 is 18.5. The van der Waals surface area contributed by atoms with Crippen molar-refractivity contribution in [3.63, 3.8) is 0 Å². The SMILES string of the molecule is Cc1nnc(-c2cc(NC(=O)c3cccc(F)c3)c(C)s2)o1. The summed E-state index contributed by atoms with van der Waals surface area (Å²) in [5, 5.41) is 10.5. The predicted molar refractivity (Wildman–Crippen MR) is 81.4 cm³/mol. The number of aromatic nitrogens is 2. The van der Waals surface area contributed by atoms with Crippen LogP contribution in [0.1, 0.15) is 21.1 Å². The van der Waals surface area contributed by atoms with Gasteiger partial charge < -0.3 is 9.73 Å². The molecule has 3 aromatic rings. The van der Waals surface area contributed by atoms with Gasteiger partial charge >= 0.3 is 0 Å². The van der Waals surface area contributed by atoms with Gasteiger partial charge in [-0.25, -0.2) is 4.39 Å². The van der Waals surface area contributed by atoms with Crippen LogP contribution >= 0.6 is 11.3 Å². The smallest absolute Gasteiger partial charge is 0.257 e. The first-order valence-electron chi connectivity index (χ1n) is 6.51. The molecule has 1 amide bonds. The predicted octanol–water partition coefficient (Wildman–Crippen LogP) is 3.81. The lowest BCUT2D eigenvalue weighted by atomic mass is 10.2. The molecule has 1 N–H and O–H groups in total. The van der Waals surface area contributed by atoms with E-state index in [1.165, 1.54) is 29.5 Å². The third-order valence-corrected chi connectivity index (χ3v) is 4.03. The van der Waals surface area contributed by atoms with E-state index in [0.29, 0.717) is 17.5 Å². The number of nitrogens with zero attached hydrogens (tertiary/aromatic N) is 2. The second-order valence-corrected chi connectivity index (χ2v) is 5.93. The maximum absolute atomic E-state index is 13.2. The number of benzene rings is 1. The van der Waals surface area contributed by atoms with Crippen molar-refractivity contribution in [2.45, 2.75) is 13.8 Å². The van der Waals surface area contributed by atoms with Gasteiger partial charge in [0, 0.05) is 17.4 Å². The lowest BCUT2D eigenvalue weighted by Crippen LogP contribution is -2.12. The van der Waals surface area contributed by atoms with Crippen LogP contribution in [0.3, 0.4) is 0 Å². The molecular formula is C15H12FN3O2S. The Morgan fingerprint density at radius 3 is 2.77 bits per heavy atom. The summed E-state index contributed by atoms with van der Waals surface area (Å²) in [5.41, 5.74) is 0.908. The van der Waals surface area contributed by atoms with E-state index in [4.69, 9.17) is 4.42 Å².